The van der Waals surface area contributed by atoms with Crippen molar-refractivity contribution < 1.29 is 9.53 Å². The Kier molecular flexibility index (Phi) is 4.32. The maximum Gasteiger partial charge on any atom is 0.257 e. The number of rotatable bonds is 3. The molecule has 7 heteroatoms. The summed E-state index contributed by atoms with van der Waals surface area (Å²) in [6, 6.07) is 6.23. The zero-order chi connectivity index (χ0) is 14.7. The van der Waals surface area contributed by atoms with Crippen LogP contribution in [0.5, 0.6) is 5.88 Å². The number of benzene rings is 1. The standard InChI is InChI=1S/C13H11Cl2N3O2/c1-20-11-3-2-8(6-17-11)18-13(19)9-4-7(16)5-10(14)12(9)15/h2-6H,16H2,1H3,(H,18,19). The van der Waals surface area contributed by atoms with Gasteiger partial charge in [-0.3, -0.25) is 4.79 Å². The summed E-state index contributed by atoms with van der Waals surface area (Å²) in [6.07, 6.45) is 1.47. The van der Waals surface area contributed by atoms with Gasteiger partial charge in [0.25, 0.3) is 5.91 Å². The van der Waals surface area contributed by atoms with E-state index in [0.717, 1.165) is 0 Å². The summed E-state index contributed by atoms with van der Waals surface area (Å²) in [5, 5.41) is 3.03. The van der Waals surface area contributed by atoms with Crippen molar-refractivity contribution in [3.05, 3.63) is 46.1 Å². The average molecular weight is 312 g/mol. The van der Waals surface area contributed by atoms with Crippen LogP contribution in [-0.2, 0) is 0 Å². The molecule has 0 saturated carbocycles. The van der Waals surface area contributed by atoms with E-state index >= 15 is 0 Å². The molecule has 104 valence electrons. The molecular formula is C13H11Cl2N3O2. The van der Waals surface area contributed by atoms with Crippen LogP contribution >= 0.6 is 23.2 Å². The van der Waals surface area contributed by atoms with E-state index in [0.29, 0.717) is 17.3 Å². The molecule has 0 atom stereocenters. The third kappa shape index (κ3) is 3.12. The fourth-order valence-corrected chi connectivity index (χ4v) is 1.97. The third-order valence-electron chi connectivity index (χ3n) is 2.50. The number of hydrogen-bond donors (Lipinski definition) is 2. The minimum atomic E-state index is -0.420. The second kappa shape index (κ2) is 5.98. The van der Waals surface area contributed by atoms with Crippen LogP contribution in [0.1, 0.15) is 10.4 Å². The first-order valence-corrected chi connectivity index (χ1v) is 6.32. The zero-order valence-electron chi connectivity index (χ0n) is 10.5. The average Bonchev–Trinajstić information content (AvgIpc) is 2.43. The van der Waals surface area contributed by atoms with Crippen LogP contribution in [-0.4, -0.2) is 18.0 Å². The van der Waals surface area contributed by atoms with Gasteiger partial charge in [0.15, 0.2) is 0 Å². The SMILES string of the molecule is COc1ccc(NC(=O)c2cc(N)cc(Cl)c2Cl)cn1. The fourth-order valence-electron chi connectivity index (χ4n) is 1.55. The molecule has 2 rings (SSSR count). The molecule has 0 aliphatic heterocycles. The van der Waals surface area contributed by atoms with E-state index in [1.165, 1.54) is 25.4 Å². The molecule has 1 aromatic heterocycles. The van der Waals surface area contributed by atoms with Gasteiger partial charge in [0.1, 0.15) is 0 Å². The van der Waals surface area contributed by atoms with Crippen molar-refractivity contribution in [2.24, 2.45) is 0 Å². The number of carbonyl (C=O) groups is 1. The van der Waals surface area contributed by atoms with Gasteiger partial charge in [-0.1, -0.05) is 23.2 Å². The number of hydrogen-bond acceptors (Lipinski definition) is 4. The van der Waals surface area contributed by atoms with Crippen molar-refractivity contribution in [1.82, 2.24) is 4.98 Å². The van der Waals surface area contributed by atoms with Crippen molar-refractivity contribution in [2.45, 2.75) is 0 Å². The van der Waals surface area contributed by atoms with Gasteiger partial charge in [0, 0.05) is 11.8 Å². The van der Waals surface area contributed by atoms with E-state index in [9.17, 15) is 4.79 Å². The van der Waals surface area contributed by atoms with E-state index in [1.54, 1.807) is 12.1 Å². The lowest BCUT2D eigenvalue weighted by atomic mass is 10.2. The Labute approximate surface area is 125 Å². The predicted octanol–water partition coefficient (Wildman–Crippen LogP) is 3.23. The largest absolute Gasteiger partial charge is 0.481 e. The van der Waals surface area contributed by atoms with Crippen molar-refractivity contribution in [1.29, 1.82) is 0 Å². The van der Waals surface area contributed by atoms with Crippen LogP contribution in [0.2, 0.25) is 10.0 Å². The molecule has 1 aromatic carbocycles. The molecule has 0 aliphatic rings. The molecule has 0 aliphatic carbocycles. The maximum atomic E-state index is 12.1. The van der Waals surface area contributed by atoms with Gasteiger partial charge >= 0.3 is 0 Å². The first-order valence-electron chi connectivity index (χ1n) is 5.57. The summed E-state index contributed by atoms with van der Waals surface area (Å²) >= 11 is 11.9. The normalized spacial score (nSPS) is 10.2. The van der Waals surface area contributed by atoms with Crippen molar-refractivity contribution in [3.63, 3.8) is 0 Å². The summed E-state index contributed by atoms with van der Waals surface area (Å²) in [5.41, 5.74) is 6.71. The van der Waals surface area contributed by atoms with Crippen LogP contribution in [0.25, 0.3) is 0 Å². The molecule has 1 heterocycles. The Bertz CT molecular complexity index is 645. The van der Waals surface area contributed by atoms with Crippen LogP contribution in [0.3, 0.4) is 0 Å². The summed E-state index contributed by atoms with van der Waals surface area (Å²) < 4.78 is 4.93. The van der Waals surface area contributed by atoms with Crippen LogP contribution in [0, 0.1) is 0 Å². The second-order valence-corrected chi connectivity index (χ2v) is 4.69. The minimum Gasteiger partial charge on any atom is -0.481 e. The van der Waals surface area contributed by atoms with E-state index < -0.39 is 5.91 Å². The number of anilines is 2. The van der Waals surface area contributed by atoms with Crippen molar-refractivity contribution in [3.8, 4) is 5.88 Å². The van der Waals surface area contributed by atoms with Gasteiger partial charge in [-0.05, 0) is 18.2 Å². The van der Waals surface area contributed by atoms with Gasteiger partial charge in [0.05, 0.1) is 34.6 Å². The number of amides is 1. The highest BCUT2D eigenvalue weighted by Crippen LogP contribution is 2.29. The highest BCUT2D eigenvalue weighted by molar-refractivity contribution is 6.44. The fraction of sp³-hybridized carbons (Fsp3) is 0.0769. The predicted molar refractivity (Wildman–Crippen MR) is 79.6 cm³/mol. The lowest BCUT2D eigenvalue weighted by molar-refractivity contribution is 0.102. The second-order valence-electron chi connectivity index (χ2n) is 3.91. The molecule has 3 N–H and O–H groups in total. The number of methoxy groups -OCH3 is 1. The first kappa shape index (κ1) is 14.4. The molecule has 2 aromatic rings. The Hall–Kier alpha value is -1.98. The molecule has 0 radical (unpaired) electrons. The third-order valence-corrected chi connectivity index (χ3v) is 3.30. The zero-order valence-corrected chi connectivity index (χ0v) is 12.0. The van der Waals surface area contributed by atoms with Gasteiger partial charge in [-0.25, -0.2) is 4.98 Å². The van der Waals surface area contributed by atoms with Gasteiger partial charge in [-0.15, -0.1) is 0 Å². The molecule has 0 fully saturated rings. The molecule has 0 unspecified atom stereocenters. The maximum absolute atomic E-state index is 12.1. The number of aromatic nitrogens is 1. The smallest absolute Gasteiger partial charge is 0.257 e. The first-order chi connectivity index (χ1) is 9.51. The Balaban J connectivity index is 2.23. The van der Waals surface area contributed by atoms with Crippen molar-refractivity contribution in [2.75, 3.05) is 18.2 Å². The Morgan fingerprint density at radius 3 is 2.70 bits per heavy atom. The minimum absolute atomic E-state index is 0.153. The van der Waals surface area contributed by atoms with Gasteiger partial charge in [-0.2, -0.15) is 0 Å². The number of ether oxygens (including phenoxy) is 1. The summed E-state index contributed by atoms with van der Waals surface area (Å²) in [6.45, 7) is 0. The molecule has 0 spiro atoms. The van der Waals surface area contributed by atoms with Crippen LogP contribution in [0.4, 0.5) is 11.4 Å². The molecule has 0 bridgehead atoms. The molecule has 1 amide bonds. The monoisotopic (exact) mass is 311 g/mol. The number of pyridine rings is 1. The summed E-state index contributed by atoms with van der Waals surface area (Å²) in [5.74, 6) is 0.0317. The lowest BCUT2D eigenvalue weighted by Crippen LogP contribution is -2.13. The molecule has 20 heavy (non-hydrogen) atoms. The topological polar surface area (TPSA) is 77.2 Å². The van der Waals surface area contributed by atoms with E-state index in [-0.39, 0.29) is 15.6 Å². The number of carbonyl (C=O) groups excluding carboxylic acids is 1. The summed E-state index contributed by atoms with van der Waals surface area (Å²) in [7, 11) is 1.51. The molecular weight excluding hydrogens is 301 g/mol. The highest BCUT2D eigenvalue weighted by atomic mass is 35.5. The van der Waals surface area contributed by atoms with Crippen molar-refractivity contribution >= 4 is 40.5 Å². The quantitative estimate of drug-likeness (QED) is 0.853. The number of nitrogens with zero attached hydrogens (tertiary/aromatic N) is 1. The number of nitrogen functional groups attached to an aromatic ring is 1. The highest BCUT2D eigenvalue weighted by Gasteiger charge is 2.14. The lowest BCUT2D eigenvalue weighted by Gasteiger charge is -2.09. The van der Waals surface area contributed by atoms with Gasteiger partial charge < -0.3 is 15.8 Å². The van der Waals surface area contributed by atoms with E-state index in [4.69, 9.17) is 33.7 Å². The van der Waals surface area contributed by atoms with Crippen LogP contribution in [0.15, 0.2) is 30.5 Å². The van der Waals surface area contributed by atoms with E-state index in [2.05, 4.69) is 10.3 Å². The van der Waals surface area contributed by atoms with Crippen LogP contribution < -0.4 is 15.8 Å². The van der Waals surface area contributed by atoms with E-state index in [1.807, 2.05) is 0 Å². The Morgan fingerprint density at radius 2 is 2.10 bits per heavy atom. The number of halogens is 2. The Morgan fingerprint density at radius 1 is 1.35 bits per heavy atom. The number of nitrogens with two attached hydrogens (primary N) is 1. The van der Waals surface area contributed by atoms with Gasteiger partial charge in [0.2, 0.25) is 5.88 Å². The molecule has 0 saturated heterocycles. The molecule has 5 nitrogen and oxygen atoms in total. The summed E-state index contributed by atoms with van der Waals surface area (Å²) in [4.78, 5) is 16.1. The number of nitrogens with one attached hydrogen (secondary N) is 1.